The minimum atomic E-state index is -0.828. The molecule has 1 fully saturated rings. The summed E-state index contributed by atoms with van der Waals surface area (Å²) in [4.78, 5) is 48.7. The number of benzene rings is 2. The zero-order chi connectivity index (χ0) is 32.4. The van der Waals surface area contributed by atoms with E-state index in [4.69, 9.17) is 10.5 Å². The Balaban J connectivity index is 0.000000492. The van der Waals surface area contributed by atoms with Crippen molar-refractivity contribution in [2.24, 2.45) is 17.6 Å². The van der Waals surface area contributed by atoms with Gasteiger partial charge in [-0.3, -0.25) is 19.2 Å². The number of carbonyl (C=O) groups is 4. The van der Waals surface area contributed by atoms with E-state index in [-0.39, 0.29) is 30.7 Å². The average Bonchev–Trinajstić information content (AvgIpc) is 3.74. The molecule has 3 rings (SSSR count). The standard InChI is InChI=1S/C19H34N4O5.C8H10.C7H8/c1-11(2)6-13(17(26)19(5)10-28-19)22-16(25)9-21-18(27)14(7-12(3)4)23-15(24)8-20;1-2-8-6-4-3-5-7-8;1-7-5-3-2-4-6-7/h11-14H,6-10,20H2,1-5H3,(H,21,27)(H,22,25)(H,23,24);3-7H,2H2,1H3;2-6H,1H3. The summed E-state index contributed by atoms with van der Waals surface area (Å²) in [5.41, 5.74) is 7.19. The summed E-state index contributed by atoms with van der Waals surface area (Å²) in [7, 11) is 0. The Bertz CT molecular complexity index is 1120. The maximum absolute atomic E-state index is 12.5. The molecule has 5 N–H and O–H groups in total. The van der Waals surface area contributed by atoms with Crippen LogP contribution in [0.25, 0.3) is 0 Å². The molecular formula is C34H52N4O5. The first-order chi connectivity index (χ1) is 20.3. The lowest BCUT2D eigenvalue weighted by molar-refractivity contribution is -0.132. The van der Waals surface area contributed by atoms with Crippen molar-refractivity contribution < 1.29 is 23.9 Å². The SMILES string of the molecule is CC(C)CC(NC(=O)CN)C(=O)NCC(=O)NC(CC(C)C)C(=O)C1(C)CO1.CCc1ccccc1.Cc1ccccc1. The predicted molar refractivity (Wildman–Crippen MR) is 171 cm³/mol. The van der Waals surface area contributed by atoms with Gasteiger partial charge in [0.15, 0.2) is 5.78 Å². The minimum absolute atomic E-state index is 0.159. The number of Topliss-reactive ketones (excluding diaryl/α,β-unsaturated/α-hetero) is 1. The molecule has 43 heavy (non-hydrogen) atoms. The Morgan fingerprint density at radius 1 is 0.837 bits per heavy atom. The molecule has 0 aliphatic carbocycles. The van der Waals surface area contributed by atoms with Crippen LogP contribution in [-0.2, 0) is 30.3 Å². The van der Waals surface area contributed by atoms with Crippen LogP contribution in [-0.4, -0.2) is 60.9 Å². The van der Waals surface area contributed by atoms with E-state index in [1.165, 1.54) is 11.1 Å². The van der Waals surface area contributed by atoms with Crippen LogP contribution in [0, 0.1) is 18.8 Å². The molecule has 0 spiro atoms. The van der Waals surface area contributed by atoms with Gasteiger partial charge < -0.3 is 26.4 Å². The van der Waals surface area contributed by atoms with E-state index in [0.29, 0.717) is 19.4 Å². The van der Waals surface area contributed by atoms with Gasteiger partial charge in [-0.25, -0.2) is 0 Å². The van der Waals surface area contributed by atoms with Crippen molar-refractivity contribution in [3.63, 3.8) is 0 Å². The van der Waals surface area contributed by atoms with E-state index in [1.807, 2.05) is 52.0 Å². The van der Waals surface area contributed by atoms with Gasteiger partial charge in [0.2, 0.25) is 17.7 Å². The molecule has 3 atom stereocenters. The minimum Gasteiger partial charge on any atom is -0.361 e. The van der Waals surface area contributed by atoms with E-state index in [0.717, 1.165) is 6.42 Å². The molecule has 9 nitrogen and oxygen atoms in total. The molecule has 0 radical (unpaired) electrons. The van der Waals surface area contributed by atoms with Crippen LogP contribution in [0.5, 0.6) is 0 Å². The van der Waals surface area contributed by atoms with E-state index in [1.54, 1.807) is 6.92 Å². The lowest BCUT2D eigenvalue weighted by Crippen LogP contribution is -2.53. The fraction of sp³-hybridized carbons (Fsp3) is 0.529. The maximum atomic E-state index is 12.5. The number of amides is 3. The summed E-state index contributed by atoms with van der Waals surface area (Å²) < 4.78 is 5.20. The Hall–Kier alpha value is -3.56. The molecule has 1 heterocycles. The van der Waals surface area contributed by atoms with Crippen LogP contribution in [0.2, 0.25) is 0 Å². The quantitative estimate of drug-likeness (QED) is 0.260. The lowest BCUT2D eigenvalue weighted by Gasteiger charge is -2.22. The zero-order valence-corrected chi connectivity index (χ0v) is 26.9. The molecule has 3 unspecified atom stereocenters. The van der Waals surface area contributed by atoms with E-state index in [2.05, 4.69) is 66.2 Å². The van der Waals surface area contributed by atoms with Crippen molar-refractivity contribution in [1.29, 1.82) is 0 Å². The molecular weight excluding hydrogens is 544 g/mol. The number of nitrogens with one attached hydrogen (secondary N) is 3. The normalized spacial score (nSPS) is 16.4. The lowest BCUT2D eigenvalue weighted by atomic mass is 9.93. The van der Waals surface area contributed by atoms with Crippen molar-refractivity contribution >= 4 is 23.5 Å². The zero-order valence-electron chi connectivity index (χ0n) is 26.9. The van der Waals surface area contributed by atoms with Crippen molar-refractivity contribution in [2.75, 3.05) is 19.7 Å². The maximum Gasteiger partial charge on any atom is 0.243 e. The Kier molecular flexibility index (Phi) is 17.1. The van der Waals surface area contributed by atoms with Gasteiger partial charge in [0, 0.05) is 0 Å². The fourth-order valence-corrected chi connectivity index (χ4v) is 4.06. The molecule has 0 aromatic heterocycles. The van der Waals surface area contributed by atoms with Crippen molar-refractivity contribution in [3.8, 4) is 0 Å². The highest BCUT2D eigenvalue weighted by atomic mass is 16.6. The molecule has 0 saturated carbocycles. The molecule has 0 bridgehead atoms. The second-order valence-corrected chi connectivity index (χ2v) is 11.8. The summed E-state index contributed by atoms with van der Waals surface area (Å²) in [6, 6.07) is 19.3. The third-order valence-corrected chi connectivity index (χ3v) is 6.62. The third kappa shape index (κ3) is 16.0. The smallest absolute Gasteiger partial charge is 0.243 e. The van der Waals surface area contributed by atoms with Gasteiger partial charge in [0.25, 0.3) is 0 Å². The summed E-state index contributed by atoms with van der Waals surface area (Å²) >= 11 is 0. The topological polar surface area (TPSA) is 143 Å². The van der Waals surface area contributed by atoms with Gasteiger partial charge in [0.05, 0.1) is 25.7 Å². The number of aryl methyl sites for hydroxylation is 2. The molecule has 1 saturated heterocycles. The molecule has 3 amide bonds. The number of nitrogens with two attached hydrogens (primary N) is 1. The van der Waals surface area contributed by atoms with Gasteiger partial charge in [-0.15, -0.1) is 0 Å². The molecule has 9 heteroatoms. The number of ketones is 1. The number of rotatable bonds is 13. The van der Waals surface area contributed by atoms with Crippen molar-refractivity contribution in [3.05, 3.63) is 71.8 Å². The monoisotopic (exact) mass is 596 g/mol. The number of hydrogen-bond acceptors (Lipinski definition) is 6. The van der Waals surface area contributed by atoms with Gasteiger partial charge in [0.1, 0.15) is 11.6 Å². The number of hydrogen-bond donors (Lipinski definition) is 4. The number of epoxide rings is 1. The van der Waals surface area contributed by atoms with E-state index in [9.17, 15) is 19.2 Å². The first-order valence-corrected chi connectivity index (χ1v) is 15.1. The highest BCUT2D eigenvalue weighted by Gasteiger charge is 2.50. The van der Waals surface area contributed by atoms with Crippen LogP contribution < -0.4 is 21.7 Å². The predicted octanol–water partition coefficient (Wildman–Crippen LogP) is 3.73. The molecule has 238 valence electrons. The number of carbonyl (C=O) groups excluding carboxylic acids is 4. The number of ether oxygens (including phenoxy) is 1. The first-order valence-electron chi connectivity index (χ1n) is 15.1. The van der Waals surface area contributed by atoms with Crippen LogP contribution in [0.4, 0.5) is 0 Å². The highest BCUT2D eigenvalue weighted by Crippen LogP contribution is 2.29. The molecule has 1 aliphatic heterocycles. The van der Waals surface area contributed by atoms with Gasteiger partial charge in [-0.2, -0.15) is 0 Å². The second kappa shape index (κ2) is 19.6. The molecule has 2 aromatic rings. The first kappa shape index (κ1) is 37.5. The van der Waals surface area contributed by atoms with Gasteiger partial charge in [-0.1, -0.05) is 101 Å². The Morgan fingerprint density at radius 3 is 1.72 bits per heavy atom. The Morgan fingerprint density at radius 2 is 1.33 bits per heavy atom. The van der Waals surface area contributed by atoms with Crippen LogP contribution in [0.15, 0.2) is 60.7 Å². The van der Waals surface area contributed by atoms with Crippen molar-refractivity contribution in [1.82, 2.24) is 16.0 Å². The average molecular weight is 597 g/mol. The van der Waals surface area contributed by atoms with Gasteiger partial charge >= 0.3 is 0 Å². The summed E-state index contributed by atoms with van der Waals surface area (Å²) in [5, 5.41) is 7.77. The van der Waals surface area contributed by atoms with Crippen LogP contribution in [0.1, 0.15) is 65.5 Å². The van der Waals surface area contributed by atoms with E-state index >= 15 is 0 Å². The largest absolute Gasteiger partial charge is 0.361 e. The highest BCUT2D eigenvalue weighted by molar-refractivity contribution is 5.97. The summed E-state index contributed by atoms with van der Waals surface area (Å²) in [6.45, 7) is 13.6. The Labute approximate surface area is 257 Å². The van der Waals surface area contributed by atoms with Gasteiger partial charge in [-0.05, 0) is 50.5 Å². The third-order valence-electron chi connectivity index (χ3n) is 6.62. The molecule has 1 aliphatic rings. The molecule has 2 aromatic carbocycles. The summed E-state index contributed by atoms with van der Waals surface area (Å²) in [6.07, 6.45) is 2.05. The fourth-order valence-electron chi connectivity index (χ4n) is 4.06. The van der Waals surface area contributed by atoms with Crippen LogP contribution >= 0.6 is 0 Å². The van der Waals surface area contributed by atoms with E-state index < -0.39 is 35.4 Å². The van der Waals surface area contributed by atoms with Crippen LogP contribution in [0.3, 0.4) is 0 Å². The second-order valence-electron chi connectivity index (χ2n) is 11.8. The summed E-state index contributed by atoms with van der Waals surface area (Å²) in [5.74, 6) is -1.16. The van der Waals surface area contributed by atoms with Crippen molar-refractivity contribution in [2.45, 2.75) is 85.4 Å².